The molecule has 8 heteroatoms. The van der Waals surface area contributed by atoms with E-state index < -0.39 is 15.9 Å². The fourth-order valence-electron chi connectivity index (χ4n) is 1.58. The number of carbonyl (C=O) groups is 1. The summed E-state index contributed by atoms with van der Waals surface area (Å²) in [6.45, 7) is 1.86. The third-order valence-electron chi connectivity index (χ3n) is 2.53. The van der Waals surface area contributed by atoms with E-state index in [2.05, 4.69) is 20.7 Å². The van der Waals surface area contributed by atoms with Gasteiger partial charge in [0.25, 0.3) is 15.9 Å². The molecule has 106 valence electrons. The van der Waals surface area contributed by atoms with Crippen LogP contribution < -0.4 is 10.5 Å². The molecule has 0 atom stereocenters. The van der Waals surface area contributed by atoms with E-state index in [9.17, 15) is 13.2 Å². The molecule has 0 aliphatic heterocycles. The highest BCUT2D eigenvalue weighted by atomic mass is 79.9. The highest BCUT2D eigenvalue weighted by Crippen LogP contribution is 2.29. The Morgan fingerprint density at radius 2 is 2.05 bits per heavy atom. The van der Waals surface area contributed by atoms with E-state index in [1.807, 2.05) is 6.92 Å². The number of anilines is 1. The minimum absolute atomic E-state index is 0.104. The topological polar surface area (TPSA) is 89.3 Å². The van der Waals surface area contributed by atoms with E-state index in [4.69, 9.17) is 5.73 Å². The summed E-state index contributed by atoms with van der Waals surface area (Å²) in [7, 11) is -3.78. The number of rotatable bonds is 4. The summed E-state index contributed by atoms with van der Waals surface area (Å²) in [5, 5.41) is 1.81. The lowest BCUT2D eigenvalue weighted by atomic mass is 10.2. The minimum atomic E-state index is -3.78. The number of sulfonamides is 1. The Hall–Kier alpha value is -1.38. The molecule has 0 spiro atoms. The Kier molecular flexibility index (Phi) is 4.17. The summed E-state index contributed by atoms with van der Waals surface area (Å²) in [5.74, 6) is -0.674. The number of aryl methyl sites for hydroxylation is 1. The molecule has 0 aliphatic carbocycles. The van der Waals surface area contributed by atoms with Crippen LogP contribution >= 0.6 is 27.3 Å². The van der Waals surface area contributed by atoms with Gasteiger partial charge in [-0.2, -0.15) is 0 Å². The number of benzene rings is 1. The molecule has 0 bridgehead atoms. The maximum Gasteiger partial charge on any atom is 0.263 e. The standard InChI is InChI=1S/C12H11BrN2O3S2/c1-7-2-3-10(9(13)6-7)20(17,18)15-12-8(11(14)16)4-5-19-12/h2-6,15H,1H3,(H2,14,16). The van der Waals surface area contributed by atoms with E-state index in [1.165, 1.54) is 12.1 Å². The third-order valence-corrected chi connectivity index (χ3v) is 5.82. The smallest absolute Gasteiger partial charge is 0.263 e. The van der Waals surface area contributed by atoms with Crippen LogP contribution in [-0.4, -0.2) is 14.3 Å². The van der Waals surface area contributed by atoms with E-state index in [1.54, 1.807) is 17.5 Å². The Balaban J connectivity index is 2.41. The molecule has 1 aromatic heterocycles. The molecule has 3 N–H and O–H groups in total. The van der Waals surface area contributed by atoms with Crippen LogP contribution in [0, 0.1) is 6.92 Å². The van der Waals surface area contributed by atoms with E-state index in [0.717, 1.165) is 16.9 Å². The molecule has 1 heterocycles. The zero-order valence-electron chi connectivity index (χ0n) is 10.4. The van der Waals surface area contributed by atoms with Crippen LogP contribution in [0.15, 0.2) is 39.0 Å². The van der Waals surface area contributed by atoms with Crippen LogP contribution in [0.2, 0.25) is 0 Å². The van der Waals surface area contributed by atoms with Crippen molar-refractivity contribution in [3.8, 4) is 0 Å². The van der Waals surface area contributed by atoms with Gasteiger partial charge < -0.3 is 5.73 Å². The van der Waals surface area contributed by atoms with Gasteiger partial charge in [-0.25, -0.2) is 8.42 Å². The van der Waals surface area contributed by atoms with E-state index >= 15 is 0 Å². The Morgan fingerprint density at radius 3 is 2.65 bits per heavy atom. The van der Waals surface area contributed by atoms with Crippen molar-refractivity contribution in [1.29, 1.82) is 0 Å². The van der Waals surface area contributed by atoms with Gasteiger partial charge in [0, 0.05) is 4.47 Å². The second-order valence-electron chi connectivity index (χ2n) is 4.07. The van der Waals surface area contributed by atoms with Crippen molar-refractivity contribution in [2.24, 2.45) is 5.73 Å². The highest BCUT2D eigenvalue weighted by molar-refractivity contribution is 9.10. The minimum Gasteiger partial charge on any atom is -0.366 e. The number of primary amides is 1. The van der Waals surface area contributed by atoms with Crippen molar-refractivity contribution in [1.82, 2.24) is 0 Å². The quantitative estimate of drug-likeness (QED) is 0.861. The molecule has 0 radical (unpaired) electrons. The van der Waals surface area contributed by atoms with Gasteiger partial charge in [-0.1, -0.05) is 6.07 Å². The zero-order chi connectivity index (χ0) is 14.9. The summed E-state index contributed by atoms with van der Waals surface area (Å²) in [6, 6.07) is 6.38. The number of nitrogens with one attached hydrogen (secondary N) is 1. The van der Waals surface area contributed by atoms with Crippen molar-refractivity contribution in [3.63, 3.8) is 0 Å². The molecule has 0 unspecified atom stereocenters. The molecule has 5 nitrogen and oxygen atoms in total. The second-order valence-corrected chi connectivity index (χ2v) is 7.49. The maximum atomic E-state index is 12.3. The molecule has 0 saturated carbocycles. The van der Waals surface area contributed by atoms with Crippen LogP contribution in [0.25, 0.3) is 0 Å². The fourth-order valence-corrected chi connectivity index (χ4v) is 4.90. The van der Waals surface area contributed by atoms with Crippen LogP contribution in [0.3, 0.4) is 0 Å². The van der Waals surface area contributed by atoms with Crippen molar-refractivity contribution in [2.45, 2.75) is 11.8 Å². The van der Waals surface area contributed by atoms with Gasteiger partial charge in [0.1, 0.15) is 9.90 Å². The molecule has 2 rings (SSSR count). The molecule has 20 heavy (non-hydrogen) atoms. The van der Waals surface area contributed by atoms with Gasteiger partial charge >= 0.3 is 0 Å². The van der Waals surface area contributed by atoms with Gasteiger partial charge in [-0.3, -0.25) is 9.52 Å². The predicted molar refractivity (Wildman–Crippen MR) is 82.5 cm³/mol. The van der Waals surface area contributed by atoms with Crippen LogP contribution in [0.1, 0.15) is 15.9 Å². The number of nitrogens with two attached hydrogens (primary N) is 1. The van der Waals surface area contributed by atoms with E-state index in [0.29, 0.717) is 4.47 Å². The maximum absolute atomic E-state index is 12.3. The summed E-state index contributed by atoms with van der Waals surface area (Å²) in [5.41, 5.74) is 6.28. The van der Waals surface area contributed by atoms with Crippen molar-refractivity contribution < 1.29 is 13.2 Å². The predicted octanol–water partition coefficient (Wildman–Crippen LogP) is 2.72. The first-order chi connectivity index (χ1) is 9.31. The van der Waals surface area contributed by atoms with Gasteiger partial charge in [-0.05, 0) is 52.0 Å². The number of thiophene rings is 1. The average Bonchev–Trinajstić information content (AvgIpc) is 2.75. The first kappa shape index (κ1) is 15.0. The summed E-state index contributed by atoms with van der Waals surface area (Å²) in [4.78, 5) is 11.3. The first-order valence-corrected chi connectivity index (χ1v) is 8.63. The van der Waals surface area contributed by atoms with Gasteiger partial charge in [0.05, 0.1) is 5.56 Å². The molecule has 1 aromatic carbocycles. The van der Waals surface area contributed by atoms with Crippen LogP contribution in [0.4, 0.5) is 5.00 Å². The number of amides is 1. The van der Waals surface area contributed by atoms with Gasteiger partial charge in [0.15, 0.2) is 0 Å². The summed E-state index contributed by atoms with van der Waals surface area (Å²) < 4.78 is 27.5. The molecule has 2 aromatic rings. The highest BCUT2D eigenvalue weighted by Gasteiger charge is 2.21. The third kappa shape index (κ3) is 3.02. The molecule has 0 saturated heterocycles. The lowest BCUT2D eigenvalue weighted by Crippen LogP contribution is -2.17. The van der Waals surface area contributed by atoms with E-state index in [-0.39, 0.29) is 15.5 Å². The molecule has 0 fully saturated rings. The summed E-state index contributed by atoms with van der Waals surface area (Å²) in [6.07, 6.45) is 0. The average molecular weight is 375 g/mol. The van der Waals surface area contributed by atoms with Gasteiger partial charge in [-0.15, -0.1) is 11.3 Å². The molecule has 0 aliphatic rings. The van der Waals surface area contributed by atoms with Crippen molar-refractivity contribution >= 4 is 48.2 Å². The zero-order valence-corrected chi connectivity index (χ0v) is 13.6. The van der Waals surface area contributed by atoms with Crippen molar-refractivity contribution in [3.05, 3.63) is 45.2 Å². The first-order valence-electron chi connectivity index (χ1n) is 5.47. The monoisotopic (exact) mass is 374 g/mol. The van der Waals surface area contributed by atoms with Crippen LogP contribution in [-0.2, 0) is 10.0 Å². The van der Waals surface area contributed by atoms with Crippen molar-refractivity contribution in [2.75, 3.05) is 4.72 Å². The molecular formula is C12H11BrN2O3S2. The second kappa shape index (κ2) is 5.55. The number of halogens is 1. The normalized spacial score (nSPS) is 11.3. The largest absolute Gasteiger partial charge is 0.366 e. The Labute approximate surface area is 129 Å². The number of hydrogen-bond acceptors (Lipinski definition) is 4. The molecule has 1 amide bonds. The lowest BCUT2D eigenvalue weighted by molar-refractivity contribution is 0.100. The van der Waals surface area contributed by atoms with Crippen LogP contribution in [0.5, 0.6) is 0 Å². The SMILES string of the molecule is Cc1ccc(S(=O)(=O)Nc2sccc2C(N)=O)c(Br)c1. The fraction of sp³-hybridized carbons (Fsp3) is 0.0833. The number of hydrogen-bond donors (Lipinski definition) is 2. The van der Waals surface area contributed by atoms with Gasteiger partial charge in [0.2, 0.25) is 0 Å². The Bertz CT molecular complexity index is 769. The lowest BCUT2D eigenvalue weighted by Gasteiger charge is -2.09. The summed E-state index contributed by atoms with van der Waals surface area (Å²) >= 11 is 4.33. The number of carbonyl (C=O) groups excluding carboxylic acids is 1. The Morgan fingerprint density at radius 1 is 1.35 bits per heavy atom. The molecular weight excluding hydrogens is 364 g/mol.